The third-order valence-corrected chi connectivity index (χ3v) is 4.28. The number of aromatic hydroxyl groups is 1. The molecule has 0 fully saturated rings. The van der Waals surface area contributed by atoms with E-state index >= 15 is 0 Å². The fraction of sp³-hybridized carbons (Fsp3) is 0.391. The molecular formula is C23H30N2O5. The van der Waals surface area contributed by atoms with Gasteiger partial charge in [0.05, 0.1) is 18.8 Å². The van der Waals surface area contributed by atoms with Crippen LogP contribution in [0.1, 0.15) is 50.5 Å². The van der Waals surface area contributed by atoms with Crippen molar-refractivity contribution in [1.29, 1.82) is 0 Å². The van der Waals surface area contributed by atoms with E-state index in [0.717, 1.165) is 5.56 Å². The van der Waals surface area contributed by atoms with Crippen molar-refractivity contribution >= 4 is 17.7 Å². The first-order valence-electron chi connectivity index (χ1n) is 9.84. The largest absolute Gasteiger partial charge is 0.508 e. The highest BCUT2D eigenvalue weighted by Crippen LogP contribution is 2.16. The lowest BCUT2D eigenvalue weighted by atomic mass is 10.1. The lowest BCUT2D eigenvalue weighted by Crippen LogP contribution is -2.43. The Balaban J connectivity index is 1.88. The maximum atomic E-state index is 12.3. The van der Waals surface area contributed by atoms with Crippen LogP contribution in [0, 0.1) is 0 Å². The topological polar surface area (TPSA) is 96.9 Å². The molecule has 0 aliphatic rings. The van der Waals surface area contributed by atoms with Gasteiger partial charge >= 0.3 is 6.09 Å². The van der Waals surface area contributed by atoms with Crippen LogP contribution in [-0.2, 0) is 16.1 Å². The molecule has 2 aromatic rings. The Kier molecular flexibility index (Phi) is 7.83. The van der Waals surface area contributed by atoms with Crippen molar-refractivity contribution < 1.29 is 24.2 Å². The molecule has 0 aliphatic heterocycles. The van der Waals surface area contributed by atoms with Gasteiger partial charge in [0.1, 0.15) is 11.4 Å². The summed E-state index contributed by atoms with van der Waals surface area (Å²) in [4.78, 5) is 24.2. The van der Waals surface area contributed by atoms with E-state index in [1.807, 2.05) is 52.8 Å². The van der Waals surface area contributed by atoms with E-state index in [9.17, 15) is 14.7 Å². The summed E-state index contributed by atoms with van der Waals surface area (Å²) in [5.74, 6) is -0.160. The van der Waals surface area contributed by atoms with Crippen LogP contribution in [0.2, 0.25) is 0 Å². The van der Waals surface area contributed by atoms with E-state index in [4.69, 9.17) is 9.47 Å². The molecule has 2 amide bonds. The minimum atomic E-state index is -0.557. The molecule has 2 atom stereocenters. The quantitative estimate of drug-likeness (QED) is 0.621. The average Bonchev–Trinajstić information content (AvgIpc) is 2.65. The minimum absolute atomic E-state index is 0.107. The summed E-state index contributed by atoms with van der Waals surface area (Å²) in [7, 11) is 0. The van der Waals surface area contributed by atoms with Crippen molar-refractivity contribution in [2.24, 2.45) is 0 Å². The van der Waals surface area contributed by atoms with Crippen molar-refractivity contribution in [2.75, 3.05) is 5.32 Å². The Labute approximate surface area is 177 Å². The number of rotatable bonds is 7. The van der Waals surface area contributed by atoms with Gasteiger partial charge in [-0.1, -0.05) is 12.1 Å². The molecule has 162 valence electrons. The lowest BCUT2D eigenvalue weighted by Gasteiger charge is -2.25. The van der Waals surface area contributed by atoms with Gasteiger partial charge in [-0.2, -0.15) is 0 Å². The number of anilines is 1. The number of carbonyl (C=O) groups is 2. The number of carbonyl (C=O) groups excluding carboxylic acids is 2. The molecule has 0 aromatic heterocycles. The summed E-state index contributed by atoms with van der Waals surface area (Å²) in [5, 5.41) is 14.9. The number of alkyl carbamates (subject to hydrolysis) is 1. The number of amides is 2. The molecule has 0 heterocycles. The Morgan fingerprint density at radius 1 is 1.07 bits per heavy atom. The molecule has 0 aliphatic carbocycles. The van der Waals surface area contributed by atoms with Crippen molar-refractivity contribution in [3.05, 3.63) is 59.7 Å². The Morgan fingerprint density at radius 3 is 2.37 bits per heavy atom. The summed E-state index contributed by atoms with van der Waals surface area (Å²) in [6.45, 7) is 9.48. The molecular weight excluding hydrogens is 384 g/mol. The van der Waals surface area contributed by atoms with Gasteiger partial charge in [-0.05, 0) is 76.6 Å². The van der Waals surface area contributed by atoms with Crippen LogP contribution in [0.25, 0.3) is 0 Å². The van der Waals surface area contributed by atoms with Crippen LogP contribution < -0.4 is 10.6 Å². The lowest BCUT2D eigenvalue weighted by molar-refractivity contribution is 0.0183. The third kappa shape index (κ3) is 7.75. The molecule has 3 N–H and O–H groups in total. The minimum Gasteiger partial charge on any atom is -0.508 e. The Morgan fingerprint density at radius 2 is 1.73 bits per heavy atom. The number of ether oxygens (including phenoxy) is 2. The van der Waals surface area contributed by atoms with Gasteiger partial charge in [-0.15, -0.1) is 0 Å². The predicted octanol–water partition coefficient (Wildman–Crippen LogP) is 4.46. The van der Waals surface area contributed by atoms with Gasteiger partial charge in [0.2, 0.25) is 0 Å². The van der Waals surface area contributed by atoms with E-state index in [-0.39, 0.29) is 23.8 Å². The number of nitrogens with one attached hydrogen (secondary N) is 2. The number of hydrogen-bond acceptors (Lipinski definition) is 5. The highest BCUT2D eigenvalue weighted by molar-refractivity contribution is 6.04. The number of phenols is 1. The fourth-order valence-corrected chi connectivity index (χ4v) is 2.54. The molecule has 0 spiro atoms. The zero-order chi connectivity index (χ0) is 22.3. The molecule has 0 bridgehead atoms. The van der Waals surface area contributed by atoms with Crippen LogP contribution in [0.5, 0.6) is 5.75 Å². The van der Waals surface area contributed by atoms with Crippen LogP contribution in [0.3, 0.4) is 0 Å². The van der Waals surface area contributed by atoms with E-state index in [2.05, 4.69) is 10.6 Å². The second kappa shape index (κ2) is 10.1. The Hall–Kier alpha value is -3.06. The molecule has 0 saturated carbocycles. The van der Waals surface area contributed by atoms with Gasteiger partial charge in [0.25, 0.3) is 5.91 Å². The first kappa shape index (κ1) is 23.2. The van der Waals surface area contributed by atoms with Gasteiger partial charge in [-0.3, -0.25) is 4.79 Å². The molecule has 0 unspecified atom stereocenters. The summed E-state index contributed by atoms with van der Waals surface area (Å²) in [5.41, 5.74) is 1.42. The van der Waals surface area contributed by atoms with Crippen LogP contribution in [-0.4, -0.2) is 34.9 Å². The maximum Gasteiger partial charge on any atom is 0.407 e. The van der Waals surface area contributed by atoms with E-state index in [1.54, 1.807) is 18.2 Å². The highest BCUT2D eigenvalue weighted by atomic mass is 16.6. The van der Waals surface area contributed by atoms with Crippen molar-refractivity contribution in [1.82, 2.24) is 5.32 Å². The standard InChI is InChI=1S/C23H30N2O5/c1-15(24-22(28)30-23(3,4)5)16(2)29-14-17-7-6-8-19(13-17)25-21(27)18-9-11-20(26)12-10-18/h6-13,15-16,26H,14H2,1-5H3,(H,24,28)(H,25,27)/t15-,16-/m1/s1. The summed E-state index contributed by atoms with van der Waals surface area (Å²) < 4.78 is 11.1. The number of benzene rings is 2. The van der Waals surface area contributed by atoms with Gasteiger partial charge in [0.15, 0.2) is 0 Å². The maximum absolute atomic E-state index is 12.3. The first-order valence-corrected chi connectivity index (χ1v) is 9.84. The molecule has 7 heteroatoms. The summed E-state index contributed by atoms with van der Waals surface area (Å²) in [6.07, 6.45) is -0.725. The fourth-order valence-electron chi connectivity index (χ4n) is 2.54. The second-order valence-electron chi connectivity index (χ2n) is 8.15. The van der Waals surface area contributed by atoms with E-state index in [1.165, 1.54) is 12.1 Å². The highest BCUT2D eigenvalue weighted by Gasteiger charge is 2.20. The van der Waals surface area contributed by atoms with Crippen molar-refractivity contribution in [3.63, 3.8) is 0 Å². The molecule has 2 rings (SSSR count). The number of hydrogen-bond donors (Lipinski definition) is 3. The van der Waals surface area contributed by atoms with Gasteiger partial charge < -0.3 is 25.2 Å². The van der Waals surface area contributed by atoms with Gasteiger partial charge in [-0.25, -0.2) is 4.79 Å². The SMILES string of the molecule is C[C@@H](NC(=O)OC(C)(C)C)[C@@H](C)OCc1cccc(NC(=O)c2ccc(O)cc2)c1. The molecule has 2 aromatic carbocycles. The molecule has 0 radical (unpaired) electrons. The smallest absolute Gasteiger partial charge is 0.407 e. The van der Waals surface area contributed by atoms with Crippen molar-refractivity contribution in [2.45, 2.75) is 59.0 Å². The Bertz CT molecular complexity index is 859. The number of phenolic OH excluding ortho intramolecular Hbond substituents is 1. The van der Waals surface area contributed by atoms with Crippen LogP contribution in [0.15, 0.2) is 48.5 Å². The first-order chi connectivity index (χ1) is 14.0. The third-order valence-electron chi connectivity index (χ3n) is 4.28. The summed E-state index contributed by atoms with van der Waals surface area (Å²) >= 11 is 0. The molecule has 30 heavy (non-hydrogen) atoms. The normalized spacial score (nSPS) is 13.2. The average molecular weight is 415 g/mol. The predicted molar refractivity (Wildman–Crippen MR) is 116 cm³/mol. The zero-order valence-corrected chi connectivity index (χ0v) is 18.1. The van der Waals surface area contributed by atoms with Crippen LogP contribution in [0.4, 0.5) is 10.5 Å². The summed E-state index contributed by atoms with van der Waals surface area (Å²) in [6, 6.07) is 13.1. The monoisotopic (exact) mass is 414 g/mol. The zero-order valence-electron chi connectivity index (χ0n) is 18.1. The van der Waals surface area contributed by atoms with Gasteiger partial charge in [0, 0.05) is 11.3 Å². The van der Waals surface area contributed by atoms with E-state index < -0.39 is 11.7 Å². The molecule has 7 nitrogen and oxygen atoms in total. The van der Waals surface area contributed by atoms with E-state index in [0.29, 0.717) is 17.9 Å². The molecule has 0 saturated heterocycles. The van der Waals surface area contributed by atoms with Crippen LogP contribution >= 0.6 is 0 Å². The van der Waals surface area contributed by atoms with Crippen molar-refractivity contribution in [3.8, 4) is 5.75 Å². The second-order valence-corrected chi connectivity index (χ2v) is 8.15.